The molecular formula is C31H36N6O4. The predicted octanol–water partition coefficient (Wildman–Crippen LogP) is 4.43. The smallest absolute Gasteiger partial charge is 0.407 e. The van der Waals surface area contributed by atoms with Gasteiger partial charge in [-0.25, -0.2) is 14.8 Å². The molecule has 10 nitrogen and oxygen atoms in total. The van der Waals surface area contributed by atoms with Gasteiger partial charge in [-0.1, -0.05) is 57.2 Å². The maximum atomic E-state index is 13.4. The van der Waals surface area contributed by atoms with E-state index in [4.69, 9.17) is 5.73 Å². The largest absolute Gasteiger partial charge is 0.465 e. The summed E-state index contributed by atoms with van der Waals surface area (Å²) in [5.74, 6) is -0.737. The van der Waals surface area contributed by atoms with Gasteiger partial charge >= 0.3 is 6.09 Å². The highest BCUT2D eigenvalue weighted by Gasteiger charge is 2.42. The third-order valence-corrected chi connectivity index (χ3v) is 7.96. The Labute approximate surface area is 239 Å². The molecule has 1 unspecified atom stereocenters. The van der Waals surface area contributed by atoms with Crippen LogP contribution in [0.3, 0.4) is 0 Å². The number of amides is 3. The lowest BCUT2D eigenvalue weighted by atomic mass is 9.77. The van der Waals surface area contributed by atoms with Crippen LogP contribution < -0.4 is 16.4 Å². The SMILES string of the molecule is CC(C)(C)C1[C@@H](NC(=O)c2nc(-c3cccc(C(=O)N[C@H]4CCc5ccccc54)c3)cnc2N)CCCN1C(=O)O. The van der Waals surface area contributed by atoms with E-state index in [-0.39, 0.29) is 23.5 Å². The number of nitrogens with two attached hydrogens (primary N) is 1. The standard InChI is InChI=1S/C31H36N6O4/c1-31(2,3)26-23(12-7-15-37(26)30(40)41)36-29(39)25-27(32)33-17-24(34-25)19-9-6-10-20(16-19)28(38)35-22-14-13-18-8-4-5-11-21(18)22/h4-6,8-11,16-17,22-23,26H,7,12-15H2,1-3H3,(H2,32,33)(H,35,38)(H,36,39)(H,40,41)/t22-,23-,26?/m0/s1. The quantitative estimate of drug-likeness (QED) is 0.363. The molecule has 5 rings (SSSR count). The van der Waals surface area contributed by atoms with Crippen molar-refractivity contribution in [3.05, 3.63) is 77.1 Å². The van der Waals surface area contributed by atoms with Crippen molar-refractivity contribution in [2.75, 3.05) is 12.3 Å². The Bertz CT molecular complexity index is 1480. The van der Waals surface area contributed by atoms with E-state index in [1.807, 2.05) is 32.9 Å². The van der Waals surface area contributed by atoms with Gasteiger partial charge in [-0.05, 0) is 54.4 Å². The lowest BCUT2D eigenvalue weighted by Gasteiger charge is -2.46. The number of nitrogen functional groups attached to an aromatic ring is 1. The summed E-state index contributed by atoms with van der Waals surface area (Å²) in [7, 11) is 0. The van der Waals surface area contributed by atoms with E-state index < -0.39 is 29.5 Å². The van der Waals surface area contributed by atoms with Crippen LogP contribution in [0.1, 0.15) is 78.0 Å². The van der Waals surface area contributed by atoms with Crippen molar-refractivity contribution < 1.29 is 19.5 Å². The summed E-state index contributed by atoms with van der Waals surface area (Å²) in [6, 6.07) is 14.3. The van der Waals surface area contributed by atoms with E-state index in [1.165, 1.54) is 16.7 Å². The number of anilines is 1. The molecule has 1 aliphatic heterocycles. The number of carbonyl (C=O) groups excluding carboxylic acids is 2. The number of rotatable bonds is 5. The summed E-state index contributed by atoms with van der Waals surface area (Å²) in [6.45, 7) is 6.29. The third kappa shape index (κ3) is 5.86. The molecule has 0 radical (unpaired) electrons. The van der Waals surface area contributed by atoms with Gasteiger partial charge in [0.2, 0.25) is 0 Å². The maximum absolute atomic E-state index is 13.4. The minimum absolute atomic E-state index is 0.0294. The van der Waals surface area contributed by atoms with E-state index in [2.05, 4.69) is 32.7 Å². The van der Waals surface area contributed by atoms with Crippen LogP contribution in [0.15, 0.2) is 54.7 Å². The summed E-state index contributed by atoms with van der Waals surface area (Å²) in [4.78, 5) is 48.6. The second-order valence-corrected chi connectivity index (χ2v) is 11.8. The van der Waals surface area contributed by atoms with Crippen molar-refractivity contribution in [1.82, 2.24) is 25.5 Å². The van der Waals surface area contributed by atoms with Gasteiger partial charge in [0, 0.05) is 17.7 Å². The minimum Gasteiger partial charge on any atom is -0.465 e. The monoisotopic (exact) mass is 556 g/mol. The van der Waals surface area contributed by atoms with E-state index in [1.54, 1.807) is 24.3 Å². The number of benzene rings is 2. The Morgan fingerprint density at radius 3 is 2.56 bits per heavy atom. The Kier molecular flexibility index (Phi) is 7.66. The predicted molar refractivity (Wildman–Crippen MR) is 155 cm³/mol. The average molecular weight is 557 g/mol. The number of aryl methyl sites for hydroxylation is 1. The second-order valence-electron chi connectivity index (χ2n) is 11.8. The molecule has 1 saturated heterocycles. The van der Waals surface area contributed by atoms with Crippen LogP contribution in [0.5, 0.6) is 0 Å². The topological polar surface area (TPSA) is 151 Å². The minimum atomic E-state index is -1.01. The molecule has 2 aliphatic rings. The van der Waals surface area contributed by atoms with Crippen molar-refractivity contribution in [1.29, 1.82) is 0 Å². The highest BCUT2D eigenvalue weighted by Crippen LogP contribution is 2.33. The summed E-state index contributed by atoms with van der Waals surface area (Å²) in [5, 5.41) is 15.9. The lowest BCUT2D eigenvalue weighted by molar-refractivity contribution is 0.0358. The van der Waals surface area contributed by atoms with Gasteiger partial charge < -0.3 is 26.4 Å². The van der Waals surface area contributed by atoms with Crippen molar-refractivity contribution in [3.63, 3.8) is 0 Å². The number of carbonyl (C=O) groups is 3. The molecule has 3 atom stereocenters. The van der Waals surface area contributed by atoms with E-state index >= 15 is 0 Å². The number of fused-ring (bicyclic) bond motifs is 1. The zero-order chi connectivity index (χ0) is 29.3. The molecule has 41 heavy (non-hydrogen) atoms. The van der Waals surface area contributed by atoms with E-state index in [0.29, 0.717) is 36.2 Å². The molecule has 3 aromatic rings. The average Bonchev–Trinajstić information content (AvgIpc) is 3.35. The lowest BCUT2D eigenvalue weighted by Crippen LogP contribution is -2.61. The van der Waals surface area contributed by atoms with Crippen molar-refractivity contribution in [2.45, 2.75) is 64.6 Å². The number of aromatic nitrogens is 2. The first-order valence-corrected chi connectivity index (χ1v) is 13.9. The molecule has 2 aromatic carbocycles. The Hall–Kier alpha value is -4.47. The number of carboxylic acid groups (broad SMARTS) is 1. The number of hydrogen-bond acceptors (Lipinski definition) is 6. The van der Waals surface area contributed by atoms with Crippen LogP contribution in [-0.4, -0.2) is 56.5 Å². The third-order valence-electron chi connectivity index (χ3n) is 7.96. The van der Waals surface area contributed by atoms with Crippen LogP contribution in [0.25, 0.3) is 11.3 Å². The molecule has 1 aromatic heterocycles. The highest BCUT2D eigenvalue weighted by atomic mass is 16.4. The van der Waals surface area contributed by atoms with Gasteiger partial charge in [0.15, 0.2) is 11.5 Å². The molecule has 10 heteroatoms. The summed E-state index contributed by atoms with van der Waals surface area (Å²) in [6.07, 6.45) is 3.51. The maximum Gasteiger partial charge on any atom is 0.407 e. The molecule has 1 fully saturated rings. The van der Waals surface area contributed by atoms with Crippen LogP contribution in [0.4, 0.5) is 10.6 Å². The van der Waals surface area contributed by atoms with Crippen molar-refractivity contribution in [3.8, 4) is 11.3 Å². The second kappa shape index (κ2) is 11.2. The van der Waals surface area contributed by atoms with E-state index in [0.717, 1.165) is 18.4 Å². The zero-order valence-electron chi connectivity index (χ0n) is 23.6. The van der Waals surface area contributed by atoms with Gasteiger partial charge in [0.1, 0.15) is 0 Å². The van der Waals surface area contributed by atoms with Gasteiger partial charge in [-0.3, -0.25) is 9.59 Å². The van der Waals surface area contributed by atoms with Crippen molar-refractivity contribution >= 4 is 23.7 Å². The van der Waals surface area contributed by atoms with Crippen molar-refractivity contribution in [2.24, 2.45) is 5.41 Å². The van der Waals surface area contributed by atoms with Crippen LogP contribution >= 0.6 is 0 Å². The Morgan fingerprint density at radius 1 is 1.02 bits per heavy atom. The normalized spacial score (nSPS) is 20.3. The molecule has 2 heterocycles. The number of nitrogens with zero attached hydrogens (tertiary/aromatic N) is 3. The van der Waals surface area contributed by atoms with Gasteiger partial charge in [-0.2, -0.15) is 0 Å². The van der Waals surface area contributed by atoms with Gasteiger partial charge in [0.05, 0.1) is 30.0 Å². The first-order chi connectivity index (χ1) is 19.5. The fourth-order valence-electron chi connectivity index (χ4n) is 6.14. The highest BCUT2D eigenvalue weighted by molar-refractivity contribution is 5.98. The molecule has 0 spiro atoms. The molecular weight excluding hydrogens is 520 g/mol. The molecule has 214 valence electrons. The van der Waals surface area contributed by atoms with Gasteiger partial charge in [0.25, 0.3) is 11.8 Å². The fourth-order valence-corrected chi connectivity index (χ4v) is 6.14. The Morgan fingerprint density at radius 2 is 1.80 bits per heavy atom. The molecule has 3 amide bonds. The van der Waals surface area contributed by atoms with E-state index in [9.17, 15) is 19.5 Å². The first-order valence-electron chi connectivity index (χ1n) is 13.9. The number of hydrogen-bond donors (Lipinski definition) is 4. The first kappa shape index (κ1) is 28.1. The fraction of sp³-hybridized carbons (Fsp3) is 0.387. The summed E-state index contributed by atoms with van der Waals surface area (Å²) in [5.41, 5.74) is 9.52. The van der Waals surface area contributed by atoms with Gasteiger partial charge in [-0.15, -0.1) is 0 Å². The summed E-state index contributed by atoms with van der Waals surface area (Å²) < 4.78 is 0. The molecule has 1 aliphatic carbocycles. The molecule has 0 bridgehead atoms. The van der Waals surface area contributed by atoms with Crippen LogP contribution in [0, 0.1) is 5.41 Å². The zero-order valence-corrected chi connectivity index (χ0v) is 23.6. The van der Waals surface area contributed by atoms with Crippen LogP contribution in [0.2, 0.25) is 0 Å². The summed E-state index contributed by atoms with van der Waals surface area (Å²) >= 11 is 0. The number of piperidine rings is 1. The molecule has 5 N–H and O–H groups in total. The molecule has 0 saturated carbocycles. The Balaban J connectivity index is 1.35. The number of nitrogens with one attached hydrogen (secondary N) is 2. The number of likely N-dealkylation sites (tertiary alicyclic amines) is 1. The van der Waals surface area contributed by atoms with Crippen LogP contribution in [-0.2, 0) is 6.42 Å².